The first-order valence-electron chi connectivity index (χ1n) is 5.92. The molecule has 0 saturated carbocycles. The number of hydrogen-bond acceptors (Lipinski definition) is 5. The van der Waals surface area contributed by atoms with E-state index in [1.54, 1.807) is 29.9 Å². The molecular weight excluding hydrogens is 272 g/mol. The van der Waals surface area contributed by atoms with Crippen LogP contribution < -0.4 is 5.32 Å². The minimum absolute atomic E-state index is 0.280. The van der Waals surface area contributed by atoms with Crippen molar-refractivity contribution in [1.82, 2.24) is 15.0 Å². The van der Waals surface area contributed by atoms with Crippen LogP contribution in [0.15, 0.2) is 54.2 Å². The van der Waals surface area contributed by atoms with Gasteiger partial charge in [-0.05, 0) is 24.3 Å². The summed E-state index contributed by atoms with van der Waals surface area (Å²) in [7, 11) is 0. The molecule has 0 aliphatic carbocycles. The van der Waals surface area contributed by atoms with Crippen molar-refractivity contribution in [2.75, 3.05) is 5.32 Å². The summed E-state index contributed by atoms with van der Waals surface area (Å²) in [6, 6.07) is 10.8. The molecule has 0 aliphatic rings. The summed E-state index contributed by atoms with van der Waals surface area (Å²) < 4.78 is 0. The van der Waals surface area contributed by atoms with Gasteiger partial charge in [0.1, 0.15) is 5.69 Å². The lowest BCUT2D eigenvalue weighted by Crippen LogP contribution is -2.13. The van der Waals surface area contributed by atoms with Crippen molar-refractivity contribution in [2.24, 2.45) is 0 Å². The number of pyridine rings is 2. The predicted molar refractivity (Wildman–Crippen MR) is 77.5 cm³/mol. The van der Waals surface area contributed by atoms with Gasteiger partial charge in [-0.3, -0.25) is 15.1 Å². The molecule has 0 atom stereocenters. The first-order valence-corrected chi connectivity index (χ1v) is 6.80. The first kappa shape index (κ1) is 12.4. The summed E-state index contributed by atoms with van der Waals surface area (Å²) in [4.78, 5) is 24.6. The maximum absolute atomic E-state index is 12.1. The van der Waals surface area contributed by atoms with Gasteiger partial charge in [-0.1, -0.05) is 12.1 Å². The highest BCUT2D eigenvalue weighted by Crippen LogP contribution is 2.15. The van der Waals surface area contributed by atoms with Gasteiger partial charge >= 0.3 is 0 Å². The standard InChI is InChI=1S/C14H10N4OS/c19-13(18-14-16-8-9-20-14)12-6-3-5-11(17-12)10-4-1-2-7-15-10/h1-9H,(H,16,18,19). The first-order chi connectivity index (χ1) is 9.83. The highest BCUT2D eigenvalue weighted by atomic mass is 32.1. The van der Waals surface area contributed by atoms with E-state index in [4.69, 9.17) is 0 Å². The molecule has 3 heterocycles. The Morgan fingerprint density at radius 3 is 2.65 bits per heavy atom. The van der Waals surface area contributed by atoms with Gasteiger partial charge in [0, 0.05) is 17.8 Å². The van der Waals surface area contributed by atoms with Crippen LogP contribution in [-0.4, -0.2) is 20.9 Å². The van der Waals surface area contributed by atoms with Crippen LogP contribution >= 0.6 is 11.3 Å². The average molecular weight is 282 g/mol. The number of nitrogens with one attached hydrogen (secondary N) is 1. The smallest absolute Gasteiger partial charge is 0.276 e. The summed E-state index contributed by atoms with van der Waals surface area (Å²) in [5.74, 6) is -0.280. The summed E-state index contributed by atoms with van der Waals surface area (Å²) in [6.07, 6.45) is 3.33. The number of hydrogen-bond donors (Lipinski definition) is 1. The van der Waals surface area contributed by atoms with Gasteiger partial charge in [0.25, 0.3) is 5.91 Å². The van der Waals surface area contributed by atoms with Gasteiger partial charge in [0.2, 0.25) is 0 Å². The van der Waals surface area contributed by atoms with E-state index in [1.807, 2.05) is 24.3 Å². The molecule has 3 aromatic heterocycles. The molecule has 0 bridgehead atoms. The van der Waals surface area contributed by atoms with Crippen LogP contribution in [0.4, 0.5) is 5.13 Å². The van der Waals surface area contributed by atoms with Crippen LogP contribution in [0.2, 0.25) is 0 Å². The summed E-state index contributed by atoms with van der Waals surface area (Å²) in [6.45, 7) is 0. The lowest BCUT2D eigenvalue weighted by molar-refractivity contribution is 0.102. The third-order valence-electron chi connectivity index (χ3n) is 2.56. The summed E-state index contributed by atoms with van der Waals surface area (Å²) in [5.41, 5.74) is 1.73. The van der Waals surface area contributed by atoms with E-state index in [-0.39, 0.29) is 5.91 Å². The molecule has 0 unspecified atom stereocenters. The highest BCUT2D eigenvalue weighted by Gasteiger charge is 2.10. The molecule has 0 aliphatic heterocycles. The lowest BCUT2D eigenvalue weighted by Gasteiger charge is -2.03. The van der Waals surface area contributed by atoms with E-state index >= 15 is 0 Å². The van der Waals surface area contributed by atoms with E-state index < -0.39 is 0 Å². The molecule has 3 rings (SSSR count). The molecule has 1 amide bonds. The zero-order valence-corrected chi connectivity index (χ0v) is 11.2. The van der Waals surface area contributed by atoms with Gasteiger partial charge in [-0.2, -0.15) is 0 Å². The maximum Gasteiger partial charge on any atom is 0.276 e. The van der Waals surface area contributed by atoms with Crippen LogP contribution in [-0.2, 0) is 0 Å². The summed E-state index contributed by atoms with van der Waals surface area (Å²) >= 11 is 1.36. The number of thiazole rings is 1. The maximum atomic E-state index is 12.1. The third kappa shape index (κ3) is 2.70. The molecular formula is C14H10N4OS. The van der Waals surface area contributed by atoms with Gasteiger partial charge < -0.3 is 0 Å². The fourth-order valence-electron chi connectivity index (χ4n) is 1.66. The van der Waals surface area contributed by atoms with Crippen LogP contribution in [0.25, 0.3) is 11.4 Å². The fraction of sp³-hybridized carbons (Fsp3) is 0. The lowest BCUT2D eigenvalue weighted by atomic mass is 10.2. The Morgan fingerprint density at radius 1 is 1.00 bits per heavy atom. The van der Waals surface area contributed by atoms with Gasteiger partial charge in [-0.15, -0.1) is 11.3 Å². The molecule has 3 aromatic rings. The second-order valence-corrected chi connectivity index (χ2v) is 4.81. The number of carbonyl (C=O) groups is 1. The summed E-state index contributed by atoms with van der Waals surface area (Å²) in [5, 5.41) is 5.06. The van der Waals surface area contributed by atoms with Gasteiger partial charge in [0.05, 0.1) is 11.4 Å². The third-order valence-corrected chi connectivity index (χ3v) is 3.25. The minimum atomic E-state index is -0.280. The van der Waals surface area contributed by atoms with Crippen molar-refractivity contribution in [1.29, 1.82) is 0 Å². The molecule has 0 aromatic carbocycles. The molecule has 0 radical (unpaired) electrons. The molecule has 6 heteroatoms. The van der Waals surface area contributed by atoms with Crippen LogP contribution in [0.5, 0.6) is 0 Å². The number of aromatic nitrogens is 3. The van der Waals surface area contributed by atoms with Crippen LogP contribution in [0.1, 0.15) is 10.5 Å². The van der Waals surface area contributed by atoms with Crippen LogP contribution in [0.3, 0.4) is 0 Å². The number of nitrogens with zero attached hydrogens (tertiary/aromatic N) is 3. The second kappa shape index (κ2) is 5.58. The molecule has 0 spiro atoms. The topological polar surface area (TPSA) is 67.8 Å². The Hall–Kier alpha value is -2.60. The van der Waals surface area contributed by atoms with Gasteiger partial charge in [0.15, 0.2) is 5.13 Å². The van der Waals surface area contributed by atoms with Crippen molar-refractivity contribution >= 4 is 22.4 Å². The normalized spacial score (nSPS) is 10.2. The number of amides is 1. The molecule has 0 fully saturated rings. The van der Waals surface area contributed by atoms with Crippen molar-refractivity contribution in [2.45, 2.75) is 0 Å². The number of anilines is 1. The Morgan fingerprint density at radius 2 is 1.90 bits per heavy atom. The quantitative estimate of drug-likeness (QED) is 0.802. The van der Waals surface area contributed by atoms with Crippen molar-refractivity contribution in [3.63, 3.8) is 0 Å². The molecule has 5 nitrogen and oxygen atoms in total. The van der Waals surface area contributed by atoms with Crippen molar-refractivity contribution < 1.29 is 4.79 Å². The van der Waals surface area contributed by atoms with Crippen molar-refractivity contribution in [3.05, 3.63) is 59.9 Å². The number of carbonyl (C=O) groups excluding carboxylic acids is 1. The molecule has 1 N–H and O–H groups in total. The van der Waals surface area contributed by atoms with E-state index in [1.165, 1.54) is 11.3 Å². The zero-order chi connectivity index (χ0) is 13.8. The second-order valence-electron chi connectivity index (χ2n) is 3.91. The van der Waals surface area contributed by atoms with E-state index in [9.17, 15) is 4.79 Å². The monoisotopic (exact) mass is 282 g/mol. The predicted octanol–water partition coefficient (Wildman–Crippen LogP) is 2.85. The molecule has 98 valence electrons. The zero-order valence-electron chi connectivity index (χ0n) is 10.4. The Bertz CT molecular complexity index is 713. The van der Waals surface area contributed by atoms with Gasteiger partial charge in [-0.25, -0.2) is 9.97 Å². The van der Waals surface area contributed by atoms with E-state index in [0.717, 1.165) is 5.69 Å². The minimum Gasteiger partial charge on any atom is -0.296 e. The largest absolute Gasteiger partial charge is 0.296 e. The molecule has 0 saturated heterocycles. The van der Waals surface area contributed by atoms with Crippen molar-refractivity contribution in [3.8, 4) is 11.4 Å². The fourth-order valence-corrected chi connectivity index (χ4v) is 2.19. The SMILES string of the molecule is O=C(Nc1nccs1)c1cccc(-c2ccccn2)n1. The Balaban J connectivity index is 1.86. The highest BCUT2D eigenvalue weighted by molar-refractivity contribution is 7.13. The number of rotatable bonds is 3. The Kier molecular flexibility index (Phi) is 3.47. The molecule has 20 heavy (non-hydrogen) atoms. The van der Waals surface area contributed by atoms with E-state index in [0.29, 0.717) is 16.5 Å². The van der Waals surface area contributed by atoms with E-state index in [2.05, 4.69) is 20.3 Å². The average Bonchev–Trinajstić information content (AvgIpc) is 3.01. The Labute approximate surface area is 119 Å². The van der Waals surface area contributed by atoms with Crippen LogP contribution in [0, 0.1) is 0 Å².